The van der Waals surface area contributed by atoms with E-state index in [0.717, 1.165) is 22.4 Å². The van der Waals surface area contributed by atoms with Gasteiger partial charge in [-0.1, -0.05) is 6.07 Å². The molecule has 0 fully saturated rings. The number of nitrogens with zero attached hydrogens (tertiary/aromatic N) is 1. The van der Waals surface area contributed by atoms with Gasteiger partial charge in [-0.15, -0.1) is 0 Å². The molecule has 1 aliphatic rings. The van der Waals surface area contributed by atoms with Gasteiger partial charge in [0.15, 0.2) is 6.61 Å². The second kappa shape index (κ2) is 12.0. The van der Waals surface area contributed by atoms with Crippen molar-refractivity contribution in [3.63, 3.8) is 0 Å². The number of carbonyl (C=O) groups excluding carboxylic acids is 2. The number of carbonyl (C=O) groups is 3. The van der Waals surface area contributed by atoms with Crippen LogP contribution in [-0.2, 0) is 20.8 Å². The normalized spacial score (nSPS) is 14.2. The molecule has 2 aromatic carbocycles. The maximum Gasteiger partial charge on any atom is 0.490 e. The van der Waals surface area contributed by atoms with Crippen LogP contribution < -0.4 is 25.3 Å². The van der Waals surface area contributed by atoms with Gasteiger partial charge in [0.1, 0.15) is 23.9 Å². The highest BCUT2D eigenvalue weighted by atomic mass is 19.4. The first-order valence-electron chi connectivity index (χ1n) is 10.9. The number of aromatic nitrogens is 2. The summed E-state index contributed by atoms with van der Waals surface area (Å²) in [5.74, 6) is -2.18. The third kappa shape index (κ3) is 7.38. The monoisotopic (exact) mass is 536 g/mol. The number of H-pyrrole nitrogens is 1. The lowest BCUT2D eigenvalue weighted by Crippen LogP contribution is -2.32. The number of rotatable bonds is 7. The molecular weight excluding hydrogens is 513 g/mol. The number of alkyl halides is 3. The van der Waals surface area contributed by atoms with Crippen LogP contribution in [-0.4, -0.2) is 59.6 Å². The summed E-state index contributed by atoms with van der Waals surface area (Å²) in [5, 5.41) is 16.7. The lowest BCUT2D eigenvalue weighted by atomic mass is 9.95. The molecule has 0 spiro atoms. The van der Waals surface area contributed by atoms with Crippen LogP contribution in [0.15, 0.2) is 48.8 Å². The van der Waals surface area contributed by atoms with Gasteiger partial charge in [0, 0.05) is 11.8 Å². The molecule has 14 heteroatoms. The number of carboxylic acid groups (broad SMARTS) is 1. The number of carboxylic acids is 1. The van der Waals surface area contributed by atoms with E-state index in [2.05, 4.69) is 15.5 Å². The van der Waals surface area contributed by atoms with Crippen molar-refractivity contribution >= 4 is 23.5 Å². The lowest BCUT2D eigenvalue weighted by Gasteiger charge is -2.25. The zero-order valence-corrected chi connectivity index (χ0v) is 19.9. The number of anilines is 1. The number of benzene rings is 2. The average molecular weight is 536 g/mol. The van der Waals surface area contributed by atoms with E-state index in [1.165, 1.54) is 0 Å². The molecule has 11 nitrogen and oxygen atoms in total. The molecule has 2 amide bonds. The van der Waals surface area contributed by atoms with Crippen LogP contribution in [0.2, 0.25) is 0 Å². The Morgan fingerprint density at radius 3 is 2.55 bits per heavy atom. The number of hydrogen-bond donors (Lipinski definition) is 4. The van der Waals surface area contributed by atoms with E-state index in [0.29, 0.717) is 23.6 Å². The van der Waals surface area contributed by atoms with Crippen LogP contribution >= 0.6 is 0 Å². The molecule has 1 aromatic heterocycles. The fraction of sp³-hybridized carbons (Fsp3) is 0.250. The largest absolute Gasteiger partial charge is 0.497 e. The standard InChI is InChI=1S/C22H22N4O5.C2HF3O2/c1-29-17-3-5-19-14(7-17)6-15(11-30-19)22(28)26-18-4-2-13(16-9-24-25-10-16)8-20(18)31-12-21(23)27;3-2(4,5)1(6)7/h2-5,7-10,15H,6,11-12H2,1H3,(H2,23,27)(H,24,25)(H,26,28);(H,6,7). The van der Waals surface area contributed by atoms with Gasteiger partial charge in [-0.25, -0.2) is 4.79 Å². The molecule has 202 valence electrons. The van der Waals surface area contributed by atoms with Crippen LogP contribution in [0.4, 0.5) is 18.9 Å². The molecule has 0 saturated heterocycles. The molecule has 0 aliphatic carbocycles. The minimum Gasteiger partial charge on any atom is -0.497 e. The molecule has 2 heterocycles. The van der Waals surface area contributed by atoms with E-state index >= 15 is 0 Å². The average Bonchev–Trinajstić information content (AvgIpc) is 3.42. The third-order valence-corrected chi connectivity index (χ3v) is 5.23. The fourth-order valence-corrected chi connectivity index (χ4v) is 3.38. The quantitative estimate of drug-likeness (QED) is 0.358. The van der Waals surface area contributed by atoms with Crippen LogP contribution in [0, 0.1) is 5.92 Å². The number of amides is 2. The summed E-state index contributed by atoms with van der Waals surface area (Å²) in [6.45, 7) is -0.0485. The zero-order chi connectivity index (χ0) is 27.9. The number of methoxy groups -OCH3 is 1. The first kappa shape index (κ1) is 27.8. The Balaban J connectivity index is 0.000000505. The van der Waals surface area contributed by atoms with E-state index in [4.69, 9.17) is 29.8 Å². The highest BCUT2D eigenvalue weighted by molar-refractivity contribution is 5.95. The van der Waals surface area contributed by atoms with Crippen molar-refractivity contribution in [2.75, 3.05) is 25.6 Å². The van der Waals surface area contributed by atoms with E-state index in [9.17, 15) is 22.8 Å². The van der Waals surface area contributed by atoms with Gasteiger partial charge in [0.2, 0.25) is 5.91 Å². The Morgan fingerprint density at radius 1 is 1.21 bits per heavy atom. The minimum absolute atomic E-state index is 0.214. The van der Waals surface area contributed by atoms with Crippen LogP contribution in [0.3, 0.4) is 0 Å². The van der Waals surface area contributed by atoms with Crippen LogP contribution in [0.5, 0.6) is 17.2 Å². The van der Waals surface area contributed by atoms with Crippen molar-refractivity contribution in [1.82, 2.24) is 10.2 Å². The molecule has 0 radical (unpaired) electrons. The predicted octanol–water partition coefficient (Wildman–Crippen LogP) is 2.77. The van der Waals surface area contributed by atoms with Crippen LogP contribution in [0.25, 0.3) is 11.1 Å². The van der Waals surface area contributed by atoms with Gasteiger partial charge < -0.3 is 30.4 Å². The lowest BCUT2D eigenvalue weighted by molar-refractivity contribution is -0.192. The zero-order valence-electron chi connectivity index (χ0n) is 19.9. The van der Waals surface area contributed by atoms with E-state index in [-0.39, 0.29) is 19.1 Å². The summed E-state index contributed by atoms with van der Waals surface area (Å²) in [5.41, 5.74) is 8.22. The van der Waals surface area contributed by atoms with Crippen LogP contribution in [0.1, 0.15) is 5.56 Å². The molecule has 5 N–H and O–H groups in total. The summed E-state index contributed by atoms with van der Waals surface area (Å²) < 4.78 is 48.3. The number of nitrogens with one attached hydrogen (secondary N) is 2. The Kier molecular flexibility index (Phi) is 8.78. The maximum absolute atomic E-state index is 13.0. The number of aliphatic carboxylic acids is 1. The smallest absolute Gasteiger partial charge is 0.490 e. The van der Waals surface area contributed by atoms with E-state index in [1.807, 2.05) is 24.3 Å². The van der Waals surface area contributed by atoms with Gasteiger partial charge in [-0.2, -0.15) is 18.3 Å². The van der Waals surface area contributed by atoms with Gasteiger partial charge >= 0.3 is 12.1 Å². The Hall–Kier alpha value is -4.75. The molecule has 38 heavy (non-hydrogen) atoms. The van der Waals surface area contributed by atoms with Gasteiger partial charge in [0.05, 0.1) is 24.9 Å². The molecule has 1 unspecified atom stereocenters. The van der Waals surface area contributed by atoms with Crippen molar-refractivity contribution in [1.29, 1.82) is 0 Å². The summed E-state index contributed by atoms with van der Waals surface area (Å²) in [4.78, 5) is 33.1. The first-order valence-corrected chi connectivity index (χ1v) is 10.9. The molecule has 0 saturated carbocycles. The molecule has 1 atom stereocenters. The number of hydrogen-bond acceptors (Lipinski definition) is 7. The van der Waals surface area contributed by atoms with E-state index < -0.39 is 24.0 Å². The SMILES string of the molecule is COc1ccc2c(c1)CC(C(=O)Nc1ccc(-c3cn[nH]c3)cc1OCC(N)=O)CO2.O=C(O)C(F)(F)F. The summed E-state index contributed by atoms with van der Waals surface area (Å²) in [7, 11) is 1.59. The predicted molar refractivity (Wildman–Crippen MR) is 127 cm³/mol. The number of ether oxygens (including phenoxy) is 3. The fourth-order valence-electron chi connectivity index (χ4n) is 3.38. The van der Waals surface area contributed by atoms with Crippen molar-refractivity contribution in [2.24, 2.45) is 11.7 Å². The summed E-state index contributed by atoms with van der Waals surface area (Å²) >= 11 is 0. The summed E-state index contributed by atoms with van der Waals surface area (Å²) in [6.07, 6.45) is -1.17. The Labute approximate surface area is 213 Å². The molecule has 1 aliphatic heterocycles. The van der Waals surface area contributed by atoms with Gasteiger partial charge in [0.25, 0.3) is 5.91 Å². The number of nitrogens with two attached hydrogens (primary N) is 1. The van der Waals surface area contributed by atoms with Crippen molar-refractivity contribution < 1.29 is 46.9 Å². The number of primary amides is 1. The number of fused-ring (bicyclic) bond motifs is 1. The van der Waals surface area contributed by atoms with Gasteiger partial charge in [-0.05, 0) is 47.9 Å². The summed E-state index contributed by atoms with van der Waals surface area (Å²) in [6, 6.07) is 10.8. The number of aromatic amines is 1. The Bertz CT molecular complexity index is 1300. The molecule has 3 aromatic rings. The first-order chi connectivity index (χ1) is 18.0. The van der Waals surface area contributed by atoms with Crippen molar-refractivity contribution in [3.8, 4) is 28.4 Å². The minimum atomic E-state index is -5.08. The topological polar surface area (TPSA) is 166 Å². The van der Waals surface area contributed by atoms with Crippen molar-refractivity contribution in [3.05, 3.63) is 54.4 Å². The third-order valence-electron chi connectivity index (χ3n) is 5.23. The van der Waals surface area contributed by atoms with E-state index in [1.54, 1.807) is 31.6 Å². The second-order valence-electron chi connectivity index (χ2n) is 7.93. The second-order valence-corrected chi connectivity index (χ2v) is 7.93. The molecule has 0 bridgehead atoms. The highest BCUT2D eigenvalue weighted by Gasteiger charge is 2.38. The Morgan fingerprint density at radius 2 is 1.95 bits per heavy atom. The molecule has 4 rings (SSSR count). The number of halogens is 3. The van der Waals surface area contributed by atoms with Gasteiger partial charge in [-0.3, -0.25) is 14.7 Å². The highest BCUT2D eigenvalue weighted by Crippen LogP contribution is 2.34. The van der Waals surface area contributed by atoms with Crippen molar-refractivity contribution in [2.45, 2.75) is 12.6 Å². The molecular formula is C24H23F3N4O7. The maximum atomic E-state index is 13.0.